The fourth-order valence-corrected chi connectivity index (χ4v) is 2.87. The largest absolute Gasteiger partial charge is 0.460 e. The fraction of sp³-hybridized carbons (Fsp3) is 0.182. The van der Waals surface area contributed by atoms with Crippen LogP contribution in [0, 0.1) is 5.82 Å². The number of ether oxygens (including phenoxy) is 1. The van der Waals surface area contributed by atoms with Crippen LogP contribution in [0.5, 0.6) is 6.01 Å². The first-order chi connectivity index (χ1) is 14.5. The van der Waals surface area contributed by atoms with Crippen molar-refractivity contribution in [3.05, 3.63) is 86.4 Å². The molecule has 3 rings (SSSR count). The number of nitrogens with one attached hydrogen (secondary N) is 1. The second-order valence-electron chi connectivity index (χ2n) is 6.29. The Hall–Kier alpha value is -3.81. The molecule has 0 saturated carbocycles. The highest BCUT2D eigenvalue weighted by Crippen LogP contribution is 2.20. The minimum Gasteiger partial charge on any atom is -0.460 e. The lowest BCUT2D eigenvalue weighted by molar-refractivity contribution is 0.274. The van der Waals surface area contributed by atoms with Crippen LogP contribution in [-0.4, -0.2) is 16.2 Å². The van der Waals surface area contributed by atoms with Gasteiger partial charge in [-0.2, -0.15) is 4.98 Å². The van der Waals surface area contributed by atoms with E-state index in [2.05, 4.69) is 21.5 Å². The van der Waals surface area contributed by atoms with Crippen molar-refractivity contribution in [3.63, 3.8) is 0 Å². The number of hydrogen-bond donors (Lipinski definition) is 1. The zero-order chi connectivity index (χ0) is 21.7. The van der Waals surface area contributed by atoms with Gasteiger partial charge in [0.15, 0.2) is 0 Å². The van der Waals surface area contributed by atoms with Crippen molar-refractivity contribution >= 4 is 22.9 Å². The summed E-state index contributed by atoms with van der Waals surface area (Å²) in [6.45, 7) is 7.11. The Kier molecular flexibility index (Phi) is 6.36. The van der Waals surface area contributed by atoms with Crippen molar-refractivity contribution in [1.29, 1.82) is 0 Å². The van der Waals surface area contributed by atoms with Crippen LogP contribution in [0.25, 0.3) is 16.7 Å². The Labute approximate surface area is 171 Å². The summed E-state index contributed by atoms with van der Waals surface area (Å²) in [6.07, 6.45) is 5.25. The molecule has 1 aromatic carbocycles. The van der Waals surface area contributed by atoms with Gasteiger partial charge in [0.1, 0.15) is 17.8 Å². The average molecular weight is 409 g/mol. The van der Waals surface area contributed by atoms with E-state index in [1.54, 1.807) is 37.5 Å². The number of rotatable bonds is 7. The molecule has 0 fully saturated rings. The van der Waals surface area contributed by atoms with Gasteiger partial charge in [0.2, 0.25) is 5.71 Å². The predicted molar refractivity (Wildman–Crippen MR) is 113 cm³/mol. The maximum absolute atomic E-state index is 14.5. The van der Waals surface area contributed by atoms with Gasteiger partial charge in [0.25, 0.3) is 11.6 Å². The molecule has 2 heterocycles. The van der Waals surface area contributed by atoms with Crippen molar-refractivity contribution in [2.24, 2.45) is 4.99 Å². The van der Waals surface area contributed by atoms with E-state index in [9.17, 15) is 14.0 Å². The van der Waals surface area contributed by atoms with Crippen molar-refractivity contribution < 1.29 is 13.5 Å². The van der Waals surface area contributed by atoms with E-state index in [-0.39, 0.29) is 29.3 Å². The molecule has 0 bridgehead atoms. The fourth-order valence-electron chi connectivity index (χ4n) is 2.87. The van der Waals surface area contributed by atoms with E-state index in [0.29, 0.717) is 23.1 Å². The molecular weight excluding hydrogens is 389 g/mol. The molecule has 0 aliphatic rings. The number of benzene rings is 1. The molecule has 0 atom stereocenters. The number of nitrogens with zero attached hydrogens (tertiary/aromatic N) is 2. The Morgan fingerprint density at radius 1 is 1.33 bits per heavy atom. The quantitative estimate of drug-likeness (QED) is 0.473. The average Bonchev–Trinajstić information content (AvgIpc) is 2.72. The highest BCUT2D eigenvalue weighted by Gasteiger charge is 2.13. The van der Waals surface area contributed by atoms with Crippen LogP contribution in [0.2, 0.25) is 0 Å². The van der Waals surface area contributed by atoms with E-state index in [1.165, 1.54) is 12.1 Å². The Morgan fingerprint density at radius 3 is 2.80 bits per heavy atom. The van der Waals surface area contributed by atoms with Crippen LogP contribution in [0.1, 0.15) is 30.5 Å². The first-order valence-corrected chi connectivity index (χ1v) is 9.25. The molecule has 0 radical (unpaired) electrons. The molecule has 7 nitrogen and oxygen atoms in total. The summed E-state index contributed by atoms with van der Waals surface area (Å²) in [5, 5.41) is 0.193. The third kappa shape index (κ3) is 4.43. The number of aliphatic imine (C=N–C) groups is 1. The number of aromatic nitrogens is 2. The Bertz CT molecular complexity index is 1270. The van der Waals surface area contributed by atoms with E-state index >= 15 is 0 Å². The first kappa shape index (κ1) is 20.9. The van der Waals surface area contributed by atoms with Gasteiger partial charge in [-0.25, -0.2) is 9.18 Å². The Morgan fingerprint density at radius 2 is 2.13 bits per heavy atom. The lowest BCUT2D eigenvalue weighted by Gasteiger charge is -2.09. The number of halogens is 1. The van der Waals surface area contributed by atoms with Gasteiger partial charge < -0.3 is 9.15 Å². The number of aryl methyl sites for hydroxylation is 1. The smallest absolute Gasteiger partial charge is 0.337 e. The van der Waals surface area contributed by atoms with Gasteiger partial charge in [0.05, 0.1) is 0 Å². The number of hydrogen-bond acceptors (Lipinski definition) is 6. The Balaban J connectivity index is 1.87. The summed E-state index contributed by atoms with van der Waals surface area (Å²) in [5.74, 6) is -0.497. The van der Waals surface area contributed by atoms with E-state index in [0.717, 1.165) is 0 Å². The number of aromatic amines is 1. The molecule has 30 heavy (non-hydrogen) atoms. The predicted octanol–water partition coefficient (Wildman–Crippen LogP) is 3.77. The highest BCUT2D eigenvalue weighted by molar-refractivity contribution is 5.76. The van der Waals surface area contributed by atoms with Crippen molar-refractivity contribution in [2.45, 2.75) is 26.9 Å². The third-order valence-electron chi connectivity index (χ3n) is 4.39. The van der Waals surface area contributed by atoms with Gasteiger partial charge in [-0.1, -0.05) is 31.7 Å². The topological polar surface area (TPSA) is 97.5 Å². The molecule has 1 N–H and O–H groups in total. The van der Waals surface area contributed by atoms with Crippen molar-refractivity contribution in [2.75, 3.05) is 0 Å². The van der Waals surface area contributed by atoms with Crippen LogP contribution in [-0.2, 0) is 13.0 Å². The minimum absolute atomic E-state index is 0.119. The monoisotopic (exact) mass is 409 g/mol. The molecule has 3 aromatic rings. The standard InChI is InChI=1S/C22H20FN3O4/c1-4-13-10-18(27)30-21-19(13)20(28)25-22(26-21)29-12-16-8-7-15(9-17(16)23)14(5-2)11-24-6-3/h5-11H,2,4,12H2,1,3H3,(H,25,26,28)/b14-11+,24-6?. The maximum atomic E-state index is 14.5. The summed E-state index contributed by atoms with van der Waals surface area (Å²) >= 11 is 0. The zero-order valence-corrected chi connectivity index (χ0v) is 16.6. The SMILES string of the molecule is C=C/C(=C\N=CC)c1ccc(COc2nc3oc(=O)cc(CC)c3c(=O)[nH]2)c(F)c1. The molecular formula is C22H20FN3O4. The summed E-state index contributed by atoms with van der Waals surface area (Å²) in [5.41, 5.74) is 0.845. The normalized spacial score (nSPS) is 11.9. The van der Waals surface area contributed by atoms with Gasteiger partial charge in [-0.3, -0.25) is 14.8 Å². The van der Waals surface area contributed by atoms with Crippen LogP contribution in [0.4, 0.5) is 4.39 Å². The number of H-pyrrole nitrogens is 1. The molecule has 0 aliphatic heterocycles. The number of fused-ring (bicyclic) bond motifs is 1. The number of allylic oxidation sites excluding steroid dienone is 2. The van der Waals surface area contributed by atoms with Crippen molar-refractivity contribution in [1.82, 2.24) is 9.97 Å². The third-order valence-corrected chi connectivity index (χ3v) is 4.39. The van der Waals surface area contributed by atoms with Gasteiger partial charge >= 0.3 is 5.63 Å². The summed E-state index contributed by atoms with van der Waals surface area (Å²) < 4.78 is 25.0. The molecule has 2 aromatic heterocycles. The summed E-state index contributed by atoms with van der Waals surface area (Å²) in [4.78, 5) is 34.6. The maximum Gasteiger partial charge on any atom is 0.337 e. The van der Waals surface area contributed by atoms with Crippen molar-refractivity contribution in [3.8, 4) is 6.01 Å². The molecule has 0 amide bonds. The minimum atomic E-state index is -0.608. The second kappa shape index (κ2) is 9.13. The van der Waals surface area contributed by atoms with Crippen LogP contribution in [0.3, 0.4) is 0 Å². The van der Waals surface area contributed by atoms with E-state index in [1.807, 2.05) is 6.92 Å². The summed E-state index contributed by atoms with van der Waals surface area (Å²) in [7, 11) is 0. The molecule has 154 valence electrons. The lowest BCUT2D eigenvalue weighted by atomic mass is 10.0. The lowest BCUT2D eigenvalue weighted by Crippen LogP contribution is -2.15. The van der Waals surface area contributed by atoms with Crippen LogP contribution < -0.4 is 15.9 Å². The van der Waals surface area contributed by atoms with Crippen LogP contribution >= 0.6 is 0 Å². The first-order valence-electron chi connectivity index (χ1n) is 9.25. The van der Waals surface area contributed by atoms with E-state index < -0.39 is 17.0 Å². The summed E-state index contributed by atoms with van der Waals surface area (Å²) in [6, 6.07) is 5.71. The van der Waals surface area contributed by atoms with Gasteiger partial charge in [-0.15, -0.1) is 0 Å². The van der Waals surface area contributed by atoms with E-state index in [4.69, 9.17) is 9.15 Å². The highest BCUT2D eigenvalue weighted by atomic mass is 19.1. The molecule has 0 unspecified atom stereocenters. The second-order valence-corrected chi connectivity index (χ2v) is 6.29. The zero-order valence-electron chi connectivity index (χ0n) is 16.6. The van der Waals surface area contributed by atoms with Gasteiger partial charge in [-0.05, 0) is 36.1 Å². The molecule has 8 heteroatoms. The van der Waals surface area contributed by atoms with Gasteiger partial charge in [0, 0.05) is 24.0 Å². The van der Waals surface area contributed by atoms with Crippen LogP contribution in [0.15, 0.2) is 62.1 Å². The molecule has 0 aliphatic carbocycles. The molecule has 0 saturated heterocycles. The molecule has 0 spiro atoms.